The first-order valence-electron chi connectivity index (χ1n) is 6.39. The molecule has 0 atom stereocenters. The Morgan fingerprint density at radius 1 is 1.45 bits per heavy atom. The number of phenolic OH excluding ortho intramolecular Hbond substituents is 1. The number of hydrogen-bond donors (Lipinski definition) is 3. The lowest BCUT2D eigenvalue weighted by Crippen LogP contribution is -2.20. The van der Waals surface area contributed by atoms with Crippen molar-refractivity contribution in [2.45, 2.75) is 20.3 Å². The van der Waals surface area contributed by atoms with E-state index in [9.17, 15) is 9.90 Å². The molecular formula is C14H14Br2N4O2. The lowest BCUT2D eigenvalue weighted by atomic mass is 10.1. The number of H-pyrrole nitrogens is 1. The number of nitrogens with zero attached hydrogens (tertiary/aromatic N) is 2. The Morgan fingerprint density at radius 3 is 2.82 bits per heavy atom. The maximum absolute atomic E-state index is 11.9. The number of hydrogen-bond acceptors (Lipinski definition) is 4. The summed E-state index contributed by atoms with van der Waals surface area (Å²) in [6, 6.07) is 3.41. The Hall–Kier alpha value is -1.67. The molecule has 0 radical (unpaired) electrons. The average molecular weight is 430 g/mol. The number of carbonyl (C=O) groups excluding carboxylic acids is 1. The van der Waals surface area contributed by atoms with Gasteiger partial charge in [0.15, 0.2) is 0 Å². The molecule has 0 aliphatic carbocycles. The Balaban J connectivity index is 2.02. The molecule has 2 rings (SSSR count). The Kier molecular flexibility index (Phi) is 5.36. The van der Waals surface area contributed by atoms with Gasteiger partial charge >= 0.3 is 0 Å². The van der Waals surface area contributed by atoms with Gasteiger partial charge in [-0.1, -0.05) is 15.9 Å². The molecule has 0 saturated carbocycles. The van der Waals surface area contributed by atoms with Gasteiger partial charge in [-0.25, -0.2) is 5.43 Å². The van der Waals surface area contributed by atoms with Crippen molar-refractivity contribution in [3.8, 4) is 5.75 Å². The minimum Gasteiger partial charge on any atom is -0.506 e. The number of amides is 1. The third-order valence-corrected chi connectivity index (χ3v) is 4.13. The molecule has 0 spiro atoms. The highest BCUT2D eigenvalue weighted by atomic mass is 79.9. The molecule has 1 aromatic carbocycles. The lowest BCUT2D eigenvalue weighted by molar-refractivity contribution is -0.120. The van der Waals surface area contributed by atoms with Gasteiger partial charge in [0.2, 0.25) is 5.91 Å². The van der Waals surface area contributed by atoms with Crippen LogP contribution in [0.1, 0.15) is 22.5 Å². The van der Waals surface area contributed by atoms with Crippen LogP contribution in [0.25, 0.3) is 0 Å². The minimum absolute atomic E-state index is 0.0581. The lowest BCUT2D eigenvalue weighted by Gasteiger charge is -2.03. The molecule has 1 aromatic heterocycles. The monoisotopic (exact) mass is 428 g/mol. The van der Waals surface area contributed by atoms with Gasteiger partial charge in [-0.2, -0.15) is 10.2 Å². The standard InChI is InChI=1S/C14H14Br2N4O2/c1-7-11(8(2)19-18-7)5-13(21)20-17-6-9-3-10(15)4-12(16)14(9)22/h3-4,6,22H,5H2,1-2H3,(H,18,19)(H,20,21). The van der Waals surface area contributed by atoms with Crippen molar-refractivity contribution >= 4 is 44.0 Å². The van der Waals surface area contributed by atoms with Gasteiger partial charge in [0, 0.05) is 21.3 Å². The van der Waals surface area contributed by atoms with E-state index in [-0.39, 0.29) is 18.1 Å². The Labute approximate surface area is 144 Å². The molecule has 3 N–H and O–H groups in total. The second kappa shape index (κ2) is 7.06. The van der Waals surface area contributed by atoms with Crippen molar-refractivity contribution in [2.75, 3.05) is 0 Å². The fraction of sp³-hybridized carbons (Fsp3) is 0.214. The molecule has 0 bridgehead atoms. The van der Waals surface area contributed by atoms with E-state index < -0.39 is 0 Å². The number of aromatic nitrogens is 2. The number of nitrogens with one attached hydrogen (secondary N) is 2. The van der Waals surface area contributed by atoms with Crippen molar-refractivity contribution in [1.82, 2.24) is 15.6 Å². The fourth-order valence-corrected chi connectivity index (χ4v) is 3.15. The quantitative estimate of drug-likeness (QED) is 0.515. The van der Waals surface area contributed by atoms with Crippen LogP contribution in [0, 0.1) is 13.8 Å². The first kappa shape index (κ1) is 16.7. The third kappa shape index (κ3) is 3.95. The van der Waals surface area contributed by atoms with Crippen molar-refractivity contribution in [2.24, 2.45) is 5.10 Å². The summed E-state index contributed by atoms with van der Waals surface area (Å²) < 4.78 is 1.33. The predicted octanol–water partition coefficient (Wildman–Crippen LogP) is 2.95. The number of hydrazone groups is 1. The van der Waals surface area contributed by atoms with Crippen LogP contribution in [-0.2, 0) is 11.2 Å². The molecule has 1 heterocycles. The van der Waals surface area contributed by atoms with E-state index in [0.29, 0.717) is 10.0 Å². The maximum atomic E-state index is 11.9. The van der Waals surface area contributed by atoms with E-state index in [2.05, 4.69) is 52.6 Å². The van der Waals surface area contributed by atoms with E-state index in [1.165, 1.54) is 6.21 Å². The summed E-state index contributed by atoms with van der Waals surface area (Å²) in [6.45, 7) is 3.70. The van der Waals surface area contributed by atoms with E-state index in [0.717, 1.165) is 21.4 Å². The van der Waals surface area contributed by atoms with E-state index in [1.54, 1.807) is 12.1 Å². The number of benzene rings is 1. The van der Waals surface area contributed by atoms with Crippen LogP contribution in [0.2, 0.25) is 0 Å². The van der Waals surface area contributed by atoms with Gasteiger partial charge < -0.3 is 5.11 Å². The molecule has 0 aliphatic heterocycles. The van der Waals surface area contributed by atoms with E-state index in [4.69, 9.17) is 0 Å². The maximum Gasteiger partial charge on any atom is 0.244 e. The van der Waals surface area contributed by atoms with Crippen molar-refractivity contribution in [1.29, 1.82) is 0 Å². The highest BCUT2D eigenvalue weighted by Gasteiger charge is 2.11. The number of aryl methyl sites for hydroxylation is 2. The zero-order valence-corrected chi connectivity index (χ0v) is 15.1. The minimum atomic E-state index is -0.252. The van der Waals surface area contributed by atoms with Gasteiger partial charge in [0.05, 0.1) is 22.8 Å². The first-order valence-corrected chi connectivity index (χ1v) is 7.97. The predicted molar refractivity (Wildman–Crippen MR) is 91.0 cm³/mol. The van der Waals surface area contributed by atoms with E-state index >= 15 is 0 Å². The van der Waals surface area contributed by atoms with Crippen LogP contribution in [0.3, 0.4) is 0 Å². The molecule has 1 amide bonds. The molecule has 2 aromatic rings. The molecular weight excluding hydrogens is 416 g/mol. The smallest absolute Gasteiger partial charge is 0.244 e. The first-order chi connectivity index (χ1) is 10.4. The summed E-state index contributed by atoms with van der Waals surface area (Å²) in [6.07, 6.45) is 1.58. The molecule has 6 nitrogen and oxygen atoms in total. The number of aromatic hydroxyl groups is 1. The second-order valence-corrected chi connectivity index (χ2v) is 6.48. The molecule has 8 heteroatoms. The second-order valence-electron chi connectivity index (χ2n) is 4.71. The number of carbonyl (C=O) groups is 1. The summed E-state index contributed by atoms with van der Waals surface area (Å²) in [5.41, 5.74) is 5.44. The summed E-state index contributed by atoms with van der Waals surface area (Å²) in [5, 5.41) is 20.6. The van der Waals surface area contributed by atoms with Crippen molar-refractivity contribution in [3.05, 3.63) is 43.6 Å². The summed E-state index contributed by atoms with van der Waals surface area (Å²) in [7, 11) is 0. The Bertz CT molecular complexity index is 721. The van der Waals surface area contributed by atoms with Gasteiger partial charge in [-0.3, -0.25) is 9.89 Å². The van der Waals surface area contributed by atoms with E-state index in [1.807, 2.05) is 13.8 Å². The van der Waals surface area contributed by atoms with Gasteiger partial charge in [0.1, 0.15) is 5.75 Å². The van der Waals surface area contributed by atoms with Gasteiger partial charge in [0.25, 0.3) is 0 Å². The normalized spacial score (nSPS) is 11.1. The molecule has 0 fully saturated rings. The highest BCUT2D eigenvalue weighted by molar-refractivity contribution is 9.11. The van der Waals surface area contributed by atoms with Crippen LogP contribution in [0.15, 0.2) is 26.2 Å². The third-order valence-electron chi connectivity index (χ3n) is 3.07. The molecule has 116 valence electrons. The zero-order valence-electron chi connectivity index (χ0n) is 11.9. The summed E-state index contributed by atoms with van der Waals surface area (Å²) >= 11 is 6.56. The topological polar surface area (TPSA) is 90.4 Å². The summed E-state index contributed by atoms with van der Waals surface area (Å²) in [4.78, 5) is 11.9. The van der Waals surface area contributed by atoms with Crippen molar-refractivity contribution in [3.63, 3.8) is 0 Å². The van der Waals surface area contributed by atoms with Crippen LogP contribution in [0.5, 0.6) is 5.75 Å². The molecule has 0 aliphatic rings. The average Bonchev–Trinajstić information content (AvgIpc) is 2.76. The van der Waals surface area contributed by atoms with Crippen LogP contribution in [-0.4, -0.2) is 27.4 Å². The zero-order chi connectivity index (χ0) is 16.3. The van der Waals surface area contributed by atoms with Crippen molar-refractivity contribution < 1.29 is 9.90 Å². The molecule has 22 heavy (non-hydrogen) atoms. The number of aromatic amines is 1. The van der Waals surface area contributed by atoms with Gasteiger partial charge in [-0.05, 0) is 41.9 Å². The number of rotatable bonds is 4. The molecule has 0 saturated heterocycles. The largest absolute Gasteiger partial charge is 0.506 e. The highest BCUT2D eigenvalue weighted by Crippen LogP contribution is 2.30. The summed E-state index contributed by atoms with van der Waals surface area (Å²) in [5.74, 6) is -0.194. The number of halogens is 2. The van der Waals surface area contributed by atoms with Gasteiger partial charge in [-0.15, -0.1) is 0 Å². The van der Waals surface area contributed by atoms with Crippen LogP contribution in [0.4, 0.5) is 0 Å². The van der Waals surface area contributed by atoms with Crippen LogP contribution < -0.4 is 5.43 Å². The molecule has 0 unspecified atom stereocenters. The fourth-order valence-electron chi connectivity index (χ4n) is 1.89. The van der Waals surface area contributed by atoms with Crippen LogP contribution >= 0.6 is 31.9 Å². The Morgan fingerprint density at radius 2 is 2.18 bits per heavy atom. The number of phenols is 1. The SMILES string of the molecule is Cc1n[nH]c(C)c1CC(=O)NN=Cc1cc(Br)cc(Br)c1O.